The first-order valence-electron chi connectivity index (χ1n) is 19.3. The van der Waals surface area contributed by atoms with Crippen LogP contribution in [0.1, 0.15) is 52.5 Å². The molecule has 3 atom stereocenters. The smallest absolute Gasteiger partial charge is 0.344 e. The van der Waals surface area contributed by atoms with Crippen molar-refractivity contribution < 1.29 is 52.7 Å². The molecule has 0 saturated heterocycles. The van der Waals surface area contributed by atoms with Gasteiger partial charge in [-0.3, -0.25) is 18.9 Å². The fourth-order valence-electron chi connectivity index (χ4n) is 8.57. The third-order valence-corrected chi connectivity index (χ3v) is 12.1. The van der Waals surface area contributed by atoms with Crippen molar-refractivity contribution in [2.24, 2.45) is 18.0 Å². The van der Waals surface area contributed by atoms with E-state index in [1.54, 1.807) is 11.0 Å². The predicted molar refractivity (Wildman–Crippen MR) is 216 cm³/mol. The summed E-state index contributed by atoms with van der Waals surface area (Å²) in [4.78, 5) is 24.4. The van der Waals surface area contributed by atoms with Gasteiger partial charge in [0.2, 0.25) is 15.9 Å². The quantitative estimate of drug-likeness (QED) is 0.124. The Bertz CT molecular complexity index is 3040. The highest BCUT2D eigenvalue weighted by Crippen LogP contribution is 2.68. The lowest BCUT2D eigenvalue weighted by molar-refractivity contribution is -0.141. The van der Waals surface area contributed by atoms with Crippen LogP contribution in [0.3, 0.4) is 0 Å². The van der Waals surface area contributed by atoms with Crippen LogP contribution in [0.2, 0.25) is 5.02 Å². The van der Waals surface area contributed by atoms with Crippen molar-refractivity contribution in [2.75, 3.05) is 15.9 Å². The highest BCUT2D eigenvalue weighted by Gasteiger charge is 2.67. The summed E-state index contributed by atoms with van der Waals surface area (Å²) in [6.07, 6.45) is -7.53. The standard InChI is InChI=1S/C41H31ClF9N9O3S/c1-58-35-29(9-8-25(42)33(35)38(56-58)57-64(2,62)63)59-16-20-7-6-19(26-4-3-5-30(52-26)41(49,50)51)13-27(20)54-39(59)28(12-18-10-21(43)14-22(44)11-18)53-31(61)17-60-36-32(34(55-60)37(45)46)23-15-24(23)40(36,47)48/h3-11,13-14,23-24,28,37H,12,15-17H2,1-2H3,(H,53,61)(H,56,57)/t23-,24+,28-/m0/s1. The first-order valence-corrected chi connectivity index (χ1v) is 21.5. The number of alkyl halides is 7. The number of anilines is 2. The predicted octanol–water partition coefficient (Wildman–Crippen LogP) is 8.78. The molecule has 64 heavy (non-hydrogen) atoms. The first kappa shape index (κ1) is 43.1. The van der Waals surface area contributed by atoms with E-state index in [2.05, 4.69) is 25.2 Å². The zero-order valence-corrected chi connectivity index (χ0v) is 34.6. The topological polar surface area (TPSA) is 139 Å². The zero-order chi connectivity index (χ0) is 45.8. The van der Waals surface area contributed by atoms with Crippen LogP contribution in [0.25, 0.3) is 22.2 Å². The Labute approximate surface area is 361 Å². The molecule has 3 aliphatic rings. The maximum atomic E-state index is 15.5. The highest BCUT2D eigenvalue weighted by molar-refractivity contribution is 7.92. The van der Waals surface area contributed by atoms with Crippen molar-refractivity contribution in [3.63, 3.8) is 0 Å². The summed E-state index contributed by atoms with van der Waals surface area (Å²) in [5, 5.41) is 11.0. The SMILES string of the molecule is Cn1nc(NS(C)(=O)=O)c2c(Cl)ccc(N3Cc4ccc(-c5cccc(C(F)(F)F)n5)cc4N=C3[C@H](Cc3cc(F)cc(F)c3)NC(=O)Cn3nc(C(F)F)c4c3C(F)(F)[C@@H]3C[C@H]43)c21. The minimum atomic E-state index is -4.77. The summed E-state index contributed by atoms with van der Waals surface area (Å²) in [7, 11) is -2.41. The van der Waals surface area contributed by atoms with Crippen molar-refractivity contribution >= 4 is 61.5 Å². The van der Waals surface area contributed by atoms with Crippen LogP contribution in [0.15, 0.2) is 71.7 Å². The lowest BCUT2D eigenvalue weighted by Gasteiger charge is -2.36. The van der Waals surface area contributed by atoms with E-state index >= 15 is 8.78 Å². The number of carbonyl (C=O) groups is 1. The van der Waals surface area contributed by atoms with E-state index in [4.69, 9.17) is 16.6 Å². The largest absolute Gasteiger partial charge is 0.433 e. The number of amidine groups is 1. The van der Waals surface area contributed by atoms with Gasteiger partial charge in [-0.05, 0) is 65.9 Å². The molecular formula is C41H31ClF9N9O3S. The van der Waals surface area contributed by atoms with E-state index in [0.29, 0.717) is 16.3 Å². The van der Waals surface area contributed by atoms with Crippen molar-refractivity contribution in [2.45, 2.75) is 56.4 Å². The fraction of sp³-hybridized carbons (Fsp3) is 0.293. The zero-order valence-electron chi connectivity index (χ0n) is 33.0. The monoisotopic (exact) mass is 935 g/mol. The molecule has 0 spiro atoms. The number of hydrogen-bond donors (Lipinski definition) is 2. The number of fused-ring (bicyclic) bond motifs is 5. The first-order chi connectivity index (χ1) is 30.1. The molecule has 3 aromatic heterocycles. The normalized spacial score (nSPS) is 18.1. The Morgan fingerprint density at radius 3 is 2.44 bits per heavy atom. The number of aryl methyl sites for hydroxylation is 1. The van der Waals surface area contributed by atoms with E-state index < -0.39 is 94.0 Å². The van der Waals surface area contributed by atoms with Gasteiger partial charge in [0.1, 0.15) is 41.1 Å². The molecular weight excluding hydrogens is 905 g/mol. The maximum Gasteiger partial charge on any atom is 0.433 e. The average molecular weight is 936 g/mol. The molecule has 23 heteroatoms. The molecule has 4 heterocycles. The van der Waals surface area contributed by atoms with E-state index in [1.165, 1.54) is 48.1 Å². The summed E-state index contributed by atoms with van der Waals surface area (Å²) < 4.78 is 159. The molecule has 334 valence electrons. The molecule has 1 saturated carbocycles. The number of amides is 1. The van der Waals surface area contributed by atoms with E-state index in [9.17, 15) is 43.9 Å². The molecule has 9 rings (SSSR count). The number of aliphatic imine (C=N–C) groups is 1. The molecule has 0 radical (unpaired) electrons. The number of benzene rings is 3. The van der Waals surface area contributed by atoms with Crippen molar-refractivity contribution in [1.29, 1.82) is 0 Å². The van der Waals surface area contributed by atoms with Gasteiger partial charge in [-0.1, -0.05) is 29.8 Å². The number of nitrogens with zero attached hydrogens (tertiary/aromatic N) is 7. The van der Waals surface area contributed by atoms with E-state index in [-0.39, 0.29) is 74.3 Å². The van der Waals surface area contributed by atoms with E-state index in [1.807, 2.05) is 0 Å². The minimum Gasteiger partial charge on any atom is -0.344 e. The van der Waals surface area contributed by atoms with Gasteiger partial charge in [-0.2, -0.15) is 32.1 Å². The van der Waals surface area contributed by atoms with Gasteiger partial charge < -0.3 is 10.2 Å². The van der Waals surface area contributed by atoms with Gasteiger partial charge in [0.25, 0.3) is 12.3 Å². The number of aromatic nitrogens is 5. The summed E-state index contributed by atoms with van der Waals surface area (Å²) in [5.41, 5.74) is -1.91. The number of halogens is 10. The van der Waals surface area contributed by atoms with Crippen molar-refractivity contribution in [3.8, 4) is 11.3 Å². The summed E-state index contributed by atoms with van der Waals surface area (Å²) in [6.45, 7) is -1.11. The molecule has 2 aliphatic carbocycles. The van der Waals surface area contributed by atoms with E-state index in [0.717, 1.165) is 24.5 Å². The molecule has 6 aromatic rings. The number of pyridine rings is 1. The molecule has 0 unspecified atom stereocenters. The lowest BCUT2D eigenvalue weighted by Crippen LogP contribution is -2.51. The van der Waals surface area contributed by atoms with Gasteiger partial charge in [-0.15, -0.1) is 0 Å². The Hall–Kier alpha value is -6.16. The molecule has 2 N–H and O–H groups in total. The maximum absolute atomic E-state index is 15.5. The molecule has 3 aromatic carbocycles. The van der Waals surface area contributed by atoms with Gasteiger partial charge in [0.15, 0.2) is 5.82 Å². The number of nitrogens with one attached hydrogen (secondary N) is 2. The lowest BCUT2D eigenvalue weighted by atomic mass is 9.99. The van der Waals surface area contributed by atoms with Crippen LogP contribution in [0.5, 0.6) is 0 Å². The number of carbonyl (C=O) groups excluding carboxylic acids is 1. The summed E-state index contributed by atoms with van der Waals surface area (Å²) in [5.74, 6) is -8.87. The molecule has 0 bridgehead atoms. The second-order valence-electron chi connectivity index (χ2n) is 15.7. The van der Waals surface area contributed by atoms with Gasteiger partial charge in [0.05, 0.1) is 51.8 Å². The van der Waals surface area contributed by atoms with Crippen LogP contribution in [-0.2, 0) is 53.5 Å². The van der Waals surface area contributed by atoms with Gasteiger partial charge >= 0.3 is 6.18 Å². The van der Waals surface area contributed by atoms with Gasteiger partial charge in [0, 0.05) is 36.6 Å². The van der Waals surface area contributed by atoms with Crippen LogP contribution >= 0.6 is 11.6 Å². The molecule has 12 nitrogen and oxygen atoms in total. The van der Waals surface area contributed by atoms with Gasteiger partial charge in [-0.25, -0.2) is 36.0 Å². The Morgan fingerprint density at radius 1 is 1.02 bits per heavy atom. The number of rotatable bonds is 11. The highest BCUT2D eigenvalue weighted by atomic mass is 35.5. The number of hydrogen-bond acceptors (Lipinski definition) is 8. The van der Waals surface area contributed by atoms with Crippen molar-refractivity contribution in [3.05, 3.63) is 117 Å². The molecule has 1 fully saturated rings. The number of sulfonamides is 1. The van der Waals surface area contributed by atoms with Crippen LogP contribution in [-0.4, -0.2) is 57.0 Å². The Kier molecular flexibility index (Phi) is 10.3. The fourth-order valence-corrected chi connectivity index (χ4v) is 9.31. The Morgan fingerprint density at radius 2 is 1.75 bits per heavy atom. The summed E-state index contributed by atoms with van der Waals surface area (Å²) >= 11 is 6.64. The third kappa shape index (κ3) is 7.79. The second-order valence-corrected chi connectivity index (χ2v) is 17.9. The van der Waals surface area contributed by atoms with Crippen LogP contribution < -0.4 is 14.9 Å². The third-order valence-electron chi connectivity index (χ3n) is 11.2. The van der Waals surface area contributed by atoms with Crippen LogP contribution in [0, 0.1) is 17.6 Å². The minimum absolute atomic E-state index is 0.0208. The van der Waals surface area contributed by atoms with Crippen molar-refractivity contribution in [1.82, 2.24) is 29.9 Å². The summed E-state index contributed by atoms with van der Waals surface area (Å²) in [6, 6.07) is 12.0. The van der Waals surface area contributed by atoms with Crippen LogP contribution in [0.4, 0.5) is 56.7 Å². The second kappa shape index (κ2) is 15.2. The molecule has 1 amide bonds. The Balaban J connectivity index is 1.20. The average Bonchev–Trinajstić information content (AvgIpc) is 3.75. The molecule has 1 aliphatic heterocycles.